The summed E-state index contributed by atoms with van der Waals surface area (Å²) in [6.45, 7) is 14.4. The van der Waals surface area contributed by atoms with Crippen molar-refractivity contribution in [3.8, 4) is 0 Å². The van der Waals surface area contributed by atoms with Crippen LogP contribution in [-0.2, 0) is 0 Å². The van der Waals surface area contributed by atoms with Crippen LogP contribution < -0.4 is 0 Å². The number of carbonyl (C=O) groups is 1. The van der Waals surface area contributed by atoms with Gasteiger partial charge < -0.3 is 4.90 Å². The smallest absolute Gasteiger partial charge is 0.315 e. The van der Waals surface area contributed by atoms with Crippen LogP contribution >= 0.6 is 11.8 Å². The van der Waals surface area contributed by atoms with Crippen molar-refractivity contribution in [2.75, 3.05) is 18.8 Å². The van der Waals surface area contributed by atoms with Crippen molar-refractivity contribution in [2.45, 2.75) is 25.9 Å². The Morgan fingerprint density at radius 2 is 1.95 bits per heavy atom. The zero-order valence-electron chi connectivity index (χ0n) is 11.7. The van der Waals surface area contributed by atoms with Crippen LogP contribution in [0.4, 0.5) is 4.79 Å². The SMILES string of the molecule is C=C(C)CN(CC(=C)C)C(=O)n1cnc(SCC)n1. The molecular weight excluding hydrogens is 260 g/mol. The average molecular weight is 280 g/mol. The van der Waals surface area contributed by atoms with Gasteiger partial charge in [-0.2, -0.15) is 4.68 Å². The van der Waals surface area contributed by atoms with Gasteiger partial charge in [0.25, 0.3) is 0 Å². The van der Waals surface area contributed by atoms with E-state index in [1.807, 2.05) is 20.8 Å². The Hall–Kier alpha value is -1.56. The molecule has 0 N–H and O–H groups in total. The summed E-state index contributed by atoms with van der Waals surface area (Å²) >= 11 is 1.50. The van der Waals surface area contributed by atoms with E-state index >= 15 is 0 Å². The molecule has 19 heavy (non-hydrogen) atoms. The fourth-order valence-electron chi connectivity index (χ4n) is 1.52. The molecule has 0 spiro atoms. The van der Waals surface area contributed by atoms with Gasteiger partial charge in [0.1, 0.15) is 6.33 Å². The summed E-state index contributed by atoms with van der Waals surface area (Å²) in [5.41, 5.74) is 1.83. The molecule has 104 valence electrons. The largest absolute Gasteiger partial charge is 0.346 e. The van der Waals surface area contributed by atoms with Gasteiger partial charge in [-0.05, 0) is 19.6 Å². The van der Waals surface area contributed by atoms with E-state index in [0.29, 0.717) is 18.2 Å². The van der Waals surface area contributed by atoms with Crippen molar-refractivity contribution in [2.24, 2.45) is 0 Å². The third kappa shape index (κ3) is 4.90. The highest BCUT2D eigenvalue weighted by Gasteiger charge is 2.17. The first kappa shape index (κ1) is 15.5. The molecule has 0 bridgehead atoms. The molecule has 0 aliphatic carbocycles. The topological polar surface area (TPSA) is 51.0 Å². The van der Waals surface area contributed by atoms with Crippen LogP contribution in [0.25, 0.3) is 0 Å². The molecule has 1 heterocycles. The molecule has 0 aromatic carbocycles. The van der Waals surface area contributed by atoms with E-state index in [-0.39, 0.29) is 6.03 Å². The normalized spacial score (nSPS) is 10.3. The summed E-state index contributed by atoms with van der Waals surface area (Å²) in [7, 11) is 0. The molecule has 1 amide bonds. The molecule has 1 aromatic heterocycles. The van der Waals surface area contributed by atoms with Crippen molar-refractivity contribution < 1.29 is 4.79 Å². The van der Waals surface area contributed by atoms with Gasteiger partial charge in [0.15, 0.2) is 0 Å². The molecule has 0 fully saturated rings. The van der Waals surface area contributed by atoms with Gasteiger partial charge in [-0.1, -0.05) is 43.0 Å². The highest BCUT2D eigenvalue weighted by atomic mass is 32.2. The zero-order chi connectivity index (χ0) is 14.4. The second kappa shape index (κ2) is 7.13. The summed E-state index contributed by atoms with van der Waals surface area (Å²) in [6.07, 6.45) is 1.45. The number of hydrogen-bond acceptors (Lipinski definition) is 4. The van der Waals surface area contributed by atoms with Crippen molar-refractivity contribution in [1.82, 2.24) is 19.7 Å². The molecule has 1 rings (SSSR count). The number of thioether (sulfide) groups is 1. The lowest BCUT2D eigenvalue weighted by Gasteiger charge is -2.22. The maximum absolute atomic E-state index is 12.3. The third-order valence-corrected chi connectivity index (χ3v) is 2.87. The molecule has 6 heteroatoms. The molecule has 1 aromatic rings. The van der Waals surface area contributed by atoms with E-state index in [1.165, 1.54) is 22.8 Å². The van der Waals surface area contributed by atoms with Gasteiger partial charge in [0, 0.05) is 13.1 Å². The van der Waals surface area contributed by atoms with Crippen LogP contribution in [-0.4, -0.2) is 44.5 Å². The molecule has 0 radical (unpaired) electrons. The number of aromatic nitrogens is 3. The van der Waals surface area contributed by atoms with Gasteiger partial charge in [-0.3, -0.25) is 0 Å². The van der Waals surface area contributed by atoms with Crippen molar-refractivity contribution in [1.29, 1.82) is 0 Å². The Kier molecular flexibility index (Phi) is 5.82. The van der Waals surface area contributed by atoms with Gasteiger partial charge >= 0.3 is 6.03 Å². The second-order valence-corrected chi connectivity index (χ2v) is 5.69. The van der Waals surface area contributed by atoms with E-state index in [9.17, 15) is 4.79 Å². The second-order valence-electron chi connectivity index (χ2n) is 4.46. The lowest BCUT2D eigenvalue weighted by Crippen LogP contribution is -2.37. The van der Waals surface area contributed by atoms with Crippen molar-refractivity contribution in [3.63, 3.8) is 0 Å². The molecule has 0 unspecified atom stereocenters. The highest BCUT2D eigenvalue weighted by molar-refractivity contribution is 7.99. The van der Waals surface area contributed by atoms with Crippen LogP contribution in [0.5, 0.6) is 0 Å². The first-order valence-electron chi connectivity index (χ1n) is 6.06. The number of amides is 1. The van der Waals surface area contributed by atoms with Crippen molar-refractivity contribution in [3.05, 3.63) is 30.6 Å². The van der Waals surface area contributed by atoms with Crippen LogP contribution in [0.15, 0.2) is 35.8 Å². The monoisotopic (exact) mass is 280 g/mol. The van der Waals surface area contributed by atoms with E-state index in [1.54, 1.807) is 4.90 Å². The molecule has 0 aliphatic rings. The van der Waals surface area contributed by atoms with Gasteiger partial charge in [-0.25, -0.2) is 9.78 Å². The summed E-state index contributed by atoms with van der Waals surface area (Å²) < 4.78 is 1.27. The fourth-order valence-corrected chi connectivity index (χ4v) is 2.05. The molecule has 0 saturated carbocycles. The summed E-state index contributed by atoms with van der Waals surface area (Å²) in [5, 5.41) is 4.77. The summed E-state index contributed by atoms with van der Waals surface area (Å²) in [6, 6.07) is -0.207. The summed E-state index contributed by atoms with van der Waals surface area (Å²) in [4.78, 5) is 18.1. The van der Waals surface area contributed by atoms with E-state index in [2.05, 4.69) is 23.2 Å². The van der Waals surface area contributed by atoms with Crippen LogP contribution in [0.1, 0.15) is 20.8 Å². The van der Waals surface area contributed by atoms with E-state index < -0.39 is 0 Å². The Balaban J connectivity index is 2.84. The van der Waals surface area contributed by atoms with E-state index in [4.69, 9.17) is 0 Å². The molecular formula is C13H20N4OS. The number of nitrogens with zero attached hydrogens (tertiary/aromatic N) is 4. The Morgan fingerprint density at radius 3 is 2.42 bits per heavy atom. The number of rotatable bonds is 6. The molecule has 5 nitrogen and oxygen atoms in total. The average Bonchev–Trinajstić information content (AvgIpc) is 2.75. The predicted molar refractivity (Wildman–Crippen MR) is 78.4 cm³/mol. The predicted octanol–water partition coefficient (Wildman–Crippen LogP) is 2.81. The van der Waals surface area contributed by atoms with Crippen LogP contribution in [0.3, 0.4) is 0 Å². The number of carbonyl (C=O) groups excluding carboxylic acids is 1. The minimum Gasteiger partial charge on any atom is -0.315 e. The Morgan fingerprint density at radius 1 is 1.37 bits per heavy atom. The zero-order valence-corrected chi connectivity index (χ0v) is 12.5. The Labute approximate surface area is 118 Å². The van der Waals surface area contributed by atoms with Crippen LogP contribution in [0, 0.1) is 0 Å². The van der Waals surface area contributed by atoms with Gasteiger partial charge in [0.2, 0.25) is 5.16 Å². The van der Waals surface area contributed by atoms with Gasteiger partial charge in [0.05, 0.1) is 0 Å². The minimum atomic E-state index is -0.207. The first-order valence-corrected chi connectivity index (χ1v) is 7.05. The van der Waals surface area contributed by atoms with Gasteiger partial charge in [-0.15, -0.1) is 5.10 Å². The maximum Gasteiger partial charge on any atom is 0.346 e. The lowest BCUT2D eigenvalue weighted by molar-refractivity contribution is 0.204. The third-order valence-electron chi connectivity index (χ3n) is 2.13. The van der Waals surface area contributed by atoms with Crippen molar-refractivity contribution >= 4 is 17.8 Å². The molecule has 0 aliphatic heterocycles. The quantitative estimate of drug-likeness (QED) is 0.594. The standard InChI is InChI=1S/C13H20N4OS/c1-6-19-12-14-9-17(15-12)13(18)16(7-10(2)3)8-11(4)5/h9H,2,4,6-8H2,1,3,5H3. The lowest BCUT2D eigenvalue weighted by atomic mass is 10.3. The highest BCUT2D eigenvalue weighted by Crippen LogP contribution is 2.11. The first-order chi connectivity index (χ1) is 8.93. The summed E-state index contributed by atoms with van der Waals surface area (Å²) in [5.74, 6) is 0.874. The maximum atomic E-state index is 12.3. The Bertz CT molecular complexity index is 465. The van der Waals surface area contributed by atoms with Crippen LogP contribution in [0.2, 0.25) is 0 Å². The fraction of sp³-hybridized carbons (Fsp3) is 0.462. The number of hydrogen-bond donors (Lipinski definition) is 0. The molecule has 0 saturated heterocycles. The molecule has 0 atom stereocenters. The minimum absolute atomic E-state index is 0.207. The van der Waals surface area contributed by atoms with E-state index in [0.717, 1.165) is 16.9 Å².